The van der Waals surface area contributed by atoms with Gasteiger partial charge in [-0.05, 0) is 18.1 Å². The van der Waals surface area contributed by atoms with Crippen molar-refractivity contribution in [1.82, 2.24) is 4.90 Å². The molecule has 1 saturated heterocycles. The fraction of sp³-hybridized carbons (Fsp3) is 0.400. The number of likely N-dealkylation sites (tertiary alicyclic amines) is 1. The molecule has 1 aromatic rings. The van der Waals surface area contributed by atoms with E-state index in [9.17, 15) is 9.59 Å². The standard InChI is InChI=1S/C15H19N3O2S/c1-2-10-6-14(20)18(8-10)9-13(19)17-12-5-3-4-11(7-12)15(16)21/h3-5,7,10H,2,6,8-9H2,1H3,(H2,16,21)(H,17,19). The Hall–Kier alpha value is -1.95. The van der Waals surface area contributed by atoms with Crippen LogP contribution in [0.5, 0.6) is 0 Å². The van der Waals surface area contributed by atoms with Crippen LogP contribution in [0.25, 0.3) is 0 Å². The van der Waals surface area contributed by atoms with Crippen molar-refractivity contribution in [2.45, 2.75) is 19.8 Å². The average Bonchev–Trinajstić information content (AvgIpc) is 2.79. The number of nitrogens with zero attached hydrogens (tertiary/aromatic N) is 1. The van der Waals surface area contributed by atoms with Crippen LogP contribution in [0, 0.1) is 5.92 Å². The summed E-state index contributed by atoms with van der Waals surface area (Å²) in [7, 11) is 0. The number of anilines is 1. The summed E-state index contributed by atoms with van der Waals surface area (Å²) in [5.74, 6) is 0.206. The molecule has 1 aromatic carbocycles. The van der Waals surface area contributed by atoms with Gasteiger partial charge in [-0.1, -0.05) is 37.7 Å². The predicted octanol–water partition coefficient (Wildman–Crippen LogP) is 1.52. The molecule has 0 spiro atoms. The zero-order chi connectivity index (χ0) is 15.4. The van der Waals surface area contributed by atoms with Crippen molar-refractivity contribution in [1.29, 1.82) is 0 Å². The van der Waals surface area contributed by atoms with E-state index in [0.717, 1.165) is 6.42 Å². The van der Waals surface area contributed by atoms with Crippen LogP contribution in [0.15, 0.2) is 24.3 Å². The second kappa shape index (κ2) is 6.67. The Morgan fingerprint density at radius 3 is 2.90 bits per heavy atom. The van der Waals surface area contributed by atoms with Crippen LogP contribution in [-0.2, 0) is 9.59 Å². The highest BCUT2D eigenvalue weighted by atomic mass is 32.1. The van der Waals surface area contributed by atoms with Gasteiger partial charge in [0.25, 0.3) is 0 Å². The average molecular weight is 305 g/mol. The third kappa shape index (κ3) is 4.01. The maximum absolute atomic E-state index is 12.0. The van der Waals surface area contributed by atoms with Crippen LogP contribution >= 0.6 is 12.2 Å². The first kappa shape index (κ1) is 15.4. The van der Waals surface area contributed by atoms with Crippen molar-refractivity contribution in [2.24, 2.45) is 11.7 Å². The fourth-order valence-corrected chi connectivity index (χ4v) is 2.53. The lowest BCUT2D eigenvalue weighted by Crippen LogP contribution is -2.34. The Labute approximate surface area is 129 Å². The molecule has 0 radical (unpaired) electrons. The van der Waals surface area contributed by atoms with Crippen LogP contribution in [0.4, 0.5) is 5.69 Å². The number of hydrogen-bond acceptors (Lipinski definition) is 3. The first-order valence-electron chi connectivity index (χ1n) is 6.97. The Morgan fingerprint density at radius 2 is 2.29 bits per heavy atom. The maximum atomic E-state index is 12.0. The molecule has 1 aliphatic rings. The van der Waals surface area contributed by atoms with Crippen LogP contribution in [0.3, 0.4) is 0 Å². The van der Waals surface area contributed by atoms with Crippen LogP contribution in [0.2, 0.25) is 0 Å². The Bertz CT molecular complexity index is 574. The van der Waals surface area contributed by atoms with E-state index in [2.05, 4.69) is 12.2 Å². The minimum absolute atomic E-state index is 0.0499. The zero-order valence-electron chi connectivity index (χ0n) is 12.0. The quantitative estimate of drug-likeness (QED) is 0.809. The van der Waals surface area contributed by atoms with E-state index in [1.165, 1.54) is 0 Å². The number of nitrogens with two attached hydrogens (primary N) is 1. The summed E-state index contributed by atoms with van der Waals surface area (Å²) in [6.45, 7) is 2.81. The highest BCUT2D eigenvalue weighted by Crippen LogP contribution is 2.20. The SMILES string of the molecule is CCC1CC(=O)N(CC(=O)Nc2cccc(C(N)=S)c2)C1. The van der Waals surface area contributed by atoms with Gasteiger partial charge >= 0.3 is 0 Å². The molecular formula is C15H19N3O2S. The fourth-order valence-electron chi connectivity index (χ4n) is 2.40. The smallest absolute Gasteiger partial charge is 0.243 e. The first-order chi connectivity index (χ1) is 9.99. The van der Waals surface area contributed by atoms with Gasteiger partial charge in [0.15, 0.2) is 0 Å². The summed E-state index contributed by atoms with van der Waals surface area (Å²) < 4.78 is 0. The Kier molecular flexibility index (Phi) is 4.90. The van der Waals surface area contributed by atoms with Gasteiger partial charge in [-0.25, -0.2) is 0 Å². The molecule has 0 saturated carbocycles. The van der Waals surface area contributed by atoms with Gasteiger partial charge in [-0.3, -0.25) is 9.59 Å². The lowest BCUT2D eigenvalue weighted by atomic mass is 10.1. The van der Waals surface area contributed by atoms with E-state index in [4.69, 9.17) is 18.0 Å². The third-order valence-electron chi connectivity index (χ3n) is 3.64. The molecule has 21 heavy (non-hydrogen) atoms. The van der Waals surface area contributed by atoms with E-state index < -0.39 is 0 Å². The largest absolute Gasteiger partial charge is 0.389 e. The molecule has 3 N–H and O–H groups in total. The Balaban J connectivity index is 1.94. The van der Waals surface area contributed by atoms with Gasteiger partial charge in [-0.2, -0.15) is 0 Å². The molecule has 2 amide bonds. The molecule has 0 bridgehead atoms. The van der Waals surface area contributed by atoms with Gasteiger partial charge in [0.2, 0.25) is 11.8 Å². The minimum atomic E-state index is -0.208. The lowest BCUT2D eigenvalue weighted by molar-refractivity contribution is -0.131. The topological polar surface area (TPSA) is 75.4 Å². The predicted molar refractivity (Wildman–Crippen MR) is 85.9 cm³/mol. The molecule has 6 heteroatoms. The molecule has 2 rings (SSSR count). The van der Waals surface area contributed by atoms with Crippen LogP contribution < -0.4 is 11.1 Å². The monoisotopic (exact) mass is 305 g/mol. The van der Waals surface area contributed by atoms with E-state index in [0.29, 0.717) is 30.1 Å². The maximum Gasteiger partial charge on any atom is 0.243 e. The molecule has 1 fully saturated rings. The normalized spacial score (nSPS) is 17.9. The summed E-state index contributed by atoms with van der Waals surface area (Å²) in [6, 6.07) is 7.05. The van der Waals surface area contributed by atoms with Gasteiger partial charge in [0, 0.05) is 24.2 Å². The molecule has 1 atom stereocenters. The zero-order valence-corrected chi connectivity index (χ0v) is 12.8. The number of nitrogens with one attached hydrogen (secondary N) is 1. The summed E-state index contributed by atoms with van der Waals surface area (Å²) in [4.78, 5) is 25.7. The number of thiocarbonyl (C=S) groups is 1. The third-order valence-corrected chi connectivity index (χ3v) is 3.87. The molecule has 0 aliphatic carbocycles. The van der Waals surface area contributed by atoms with E-state index >= 15 is 0 Å². The van der Waals surface area contributed by atoms with Crippen LogP contribution in [0.1, 0.15) is 25.3 Å². The summed E-state index contributed by atoms with van der Waals surface area (Å²) in [5.41, 5.74) is 6.89. The number of rotatable bonds is 5. The molecule has 1 aliphatic heterocycles. The van der Waals surface area contributed by atoms with Crippen molar-refractivity contribution in [3.8, 4) is 0 Å². The minimum Gasteiger partial charge on any atom is -0.389 e. The van der Waals surface area contributed by atoms with E-state index in [-0.39, 0.29) is 23.3 Å². The molecular weight excluding hydrogens is 286 g/mol. The molecule has 1 heterocycles. The summed E-state index contributed by atoms with van der Waals surface area (Å²) >= 11 is 4.90. The van der Waals surface area contributed by atoms with Crippen molar-refractivity contribution >= 4 is 34.7 Å². The van der Waals surface area contributed by atoms with Crippen molar-refractivity contribution in [3.05, 3.63) is 29.8 Å². The molecule has 1 unspecified atom stereocenters. The second-order valence-electron chi connectivity index (χ2n) is 5.25. The van der Waals surface area contributed by atoms with Gasteiger partial charge in [0.05, 0.1) is 6.54 Å². The van der Waals surface area contributed by atoms with Gasteiger partial charge in [0.1, 0.15) is 4.99 Å². The number of benzene rings is 1. The highest BCUT2D eigenvalue weighted by molar-refractivity contribution is 7.80. The first-order valence-corrected chi connectivity index (χ1v) is 7.38. The van der Waals surface area contributed by atoms with E-state index in [1.807, 2.05) is 0 Å². The van der Waals surface area contributed by atoms with Gasteiger partial charge < -0.3 is 16.0 Å². The summed E-state index contributed by atoms with van der Waals surface area (Å²) in [6.07, 6.45) is 1.50. The molecule has 112 valence electrons. The number of carbonyl (C=O) groups excluding carboxylic acids is 2. The number of carbonyl (C=O) groups is 2. The van der Waals surface area contributed by atoms with Gasteiger partial charge in [-0.15, -0.1) is 0 Å². The summed E-state index contributed by atoms with van der Waals surface area (Å²) in [5, 5.41) is 2.77. The van der Waals surface area contributed by atoms with E-state index in [1.54, 1.807) is 29.2 Å². The molecule has 0 aromatic heterocycles. The molecule has 5 nitrogen and oxygen atoms in total. The number of amides is 2. The number of hydrogen-bond donors (Lipinski definition) is 2. The van der Waals surface area contributed by atoms with Crippen molar-refractivity contribution in [2.75, 3.05) is 18.4 Å². The highest BCUT2D eigenvalue weighted by Gasteiger charge is 2.29. The Morgan fingerprint density at radius 1 is 1.52 bits per heavy atom. The van der Waals surface area contributed by atoms with Crippen LogP contribution in [-0.4, -0.2) is 34.8 Å². The van der Waals surface area contributed by atoms with Crippen molar-refractivity contribution in [3.63, 3.8) is 0 Å². The van der Waals surface area contributed by atoms with Crippen molar-refractivity contribution < 1.29 is 9.59 Å². The second-order valence-corrected chi connectivity index (χ2v) is 5.69. The lowest BCUT2D eigenvalue weighted by Gasteiger charge is -2.16.